The molecule has 0 bridgehead atoms. The monoisotopic (exact) mass is 516 g/mol. The molecule has 1 aromatic carbocycles. The predicted octanol–water partition coefficient (Wildman–Crippen LogP) is 5.33. The number of aromatic nitrogens is 2. The van der Waals surface area contributed by atoms with Crippen molar-refractivity contribution >= 4 is 33.2 Å². The van der Waals surface area contributed by atoms with Crippen molar-refractivity contribution in [1.29, 1.82) is 0 Å². The number of amides is 1. The van der Waals surface area contributed by atoms with E-state index in [2.05, 4.69) is 15.1 Å². The van der Waals surface area contributed by atoms with Crippen molar-refractivity contribution in [3.8, 4) is 0 Å². The number of benzene rings is 1. The summed E-state index contributed by atoms with van der Waals surface area (Å²) in [5, 5.41) is 7.71. The highest BCUT2D eigenvalue weighted by atomic mass is 35.5. The topological polar surface area (TPSA) is 93.1 Å². The standard InChI is InChI=1S/C23H31ClF2N4O3S/c1-14(22(2,3)4)27-21(31)20-19(29-34(32,33)17-8-6-16(24)7-9-17)18(28-30(20)5)15-10-12-23(25,26)13-11-15/h6-9,14-15,29H,10-13H2,1-5H3,(H,27,31). The molecule has 188 valence electrons. The second-order valence-corrected chi connectivity index (χ2v) is 12.1. The smallest absolute Gasteiger partial charge is 0.271 e. The number of nitrogens with one attached hydrogen (secondary N) is 2. The van der Waals surface area contributed by atoms with Gasteiger partial charge in [0, 0.05) is 36.9 Å². The normalized spacial score (nSPS) is 17.9. The van der Waals surface area contributed by atoms with Crippen molar-refractivity contribution in [2.24, 2.45) is 12.5 Å². The molecule has 2 aromatic rings. The Balaban J connectivity index is 2.04. The summed E-state index contributed by atoms with van der Waals surface area (Å²) < 4.78 is 57.7. The van der Waals surface area contributed by atoms with Crippen LogP contribution in [0.2, 0.25) is 5.02 Å². The van der Waals surface area contributed by atoms with Crippen molar-refractivity contribution in [1.82, 2.24) is 15.1 Å². The molecule has 1 aliphatic rings. The first-order valence-electron chi connectivity index (χ1n) is 11.1. The van der Waals surface area contributed by atoms with Crippen molar-refractivity contribution in [3.05, 3.63) is 40.7 Å². The molecular weight excluding hydrogens is 486 g/mol. The van der Waals surface area contributed by atoms with E-state index in [-0.39, 0.29) is 53.4 Å². The summed E-state index contributed by atoms with van der Waals surface area (Å²) in [7, 11) is -2.56. The third kappa shape index (κ3) is 5.89. The van der Waals surface area contributed by atoms with Gasteiger partial charge < -0.3 is 5.32 Å². The largest absolute Gasteiger partial charge is 0.348 e. The fourth-order valence-electron chi connectivity index (χ4n) is 3.79. The SMILES string of the molecule is CC(NC(=O)c1c(NS(=O)(=O)c2ccc(Cl)cc2)c(C2CCC(F)(F)CC2)nn1C)C(C)(C)C. The summed E-state index contributed by atoms with van der Waals surface area (Å²) in [6.45, 7) is 7.77. The number of alkyl halides is 2. The first-order chi connectivity index (χ1) is 15.6. The summed E-state index contributed by atoms with van der Waals surface area (Å²) in [6, 6.07) is 5.36. The van der Waals surface area contributed by atoms with Gasteiger partial charge >= 0.3 is 0 Å². The number of rotatable bonds is 6. The molecule has 1 fully saturated rings. The van der Waals surface area contributed by atoms with Crippen LogP contribution in [-0.4, -0.2) is 36.1 Å². The Morgan fingerprint density at radius 3 is 2.29 bits per heavy atom. The second kappa shape index (κ2) is 9.45. The maximum atomic E-state index is 13.8. The molecule has 0 aliphatic heterocycles. The number of halogens is 3. The highest BCUT2D eigenvalue weighted by Gasteiger charge is 2.39. The third-order valence-corrected chi connectivity index (χ3v) is 8.02. The zero-order valence-corrected chi connectivity index (χ0v) is 21.5. The number of hydrogen-bond donors (Lipinski definition) is 2. The lowest BCUT2D eigenvalue weighted by Gasteiger charge is -2.28. The van der Waals surface area contributed by atoms with E-state index in [4.69, 9.17) is 11.6 Å². The van der Waals surface area contributed by atoms with Crippen LogP contribution in [0.25, 0.3) is 0 Å². The average Bonchev–Trinajstić information content (AvgIpc) is 3.02. The maximum absolute atomic E-state index is 13.8. The first-order valence-corrected chi connectivity index (χ1v) is 13.0. The van der Waals surface area contributed by atoms with E-state index >= 15 is 0 Å². The molecule has 11 heteroatoms. The zero-order valence-electron chi connectivity index (χ0n) is 20.0. The van der Waals surface area contributed by atoms with Crippen LogP contribution in [0.3, 0.4) is 0 Å². The molecule has 1 atom stereocenters. The molecule has 1 aromatic heterocycles. The van der Waals surface area contributed by atoms with Crippen LogP contribution >= 0.6 is 11.6 Å². The summed E-state index contributed by atoms with van der Waals surface area (Å²) in [5.41, 5.74) is 0.103. The molecule has 3 rings (SSSR count). The lowest BCUT2D eigenvalue weighted by Crippen LogP contribution is -2.42. The summed E-state index contributed by atoms with van der Waals surface area (Å²) in [6.07, 6.45) is -0.362. The Bertz CT molecular complexity index is 1150. The molecule has 1 amide bonds. The van der Waals surface area contributed by atoms with Gasteiger partial charge in [-0.3, -0.25) is 14.2 Å². The minimum absolute atomic E-state index is 0.0197. The van der Waals surface area contributed by atoms with Gasteiger partial charge in [-0.15, -0.1) is 0 Å². The quantitative estimate of drug-likeness (QED) is 0.542. The zero-order chi connectivity index (χ0) is 25.5. The van der Waals surface area contributed by atoms with Crippen LogP contribution in [0, 0.1) is 5.41 Å². The second-order valence-electron chi connectivity index (χ2n) is 9.98. The maximum Gasteiger partial charge on any atom is 0.271 e. The Labute approximate surface area is 204 Å². The predicted molar refractivity (Wildman–Crippen MR) is 128 cm³/mol. The number of hydrogen-bond acceptors (Lipinski definition) is 4. The van der Waals surface area contributed by atoms with E-state index in [0.29, 0.717) is 10.7 Å². The molecule has 1 aliphatic carbocycles. The van der Waals surface area contributed by atoms with Gasteiger partial charge in [-0.05, 0) is 49.4 Å². The van der Waals surface area contributed by atoms with Crippen molar-refractivity contribution in [3.63, 3.8) is 0 Å². The Morgan fingerprint density at radius 1 is 1.21 bits per heavy atom. The molecular formula is C23H31ClF2N4O3S. The number of anilines is 1. The van der Waals surface area contributed by atoms with Gasteiger partial charge in [-0.25, -0.2) is 17.2 Å². The number of nitrogens with zero attached hydrogens (tertiary/aromatic N) is 2. The lowest BCUT2D eigenvalue weighted by atomic mass is 9.84. The van der Waals surface area contributed by atoms with E-state index in [1.54, 1.807) is 0 Å². The number of aryl methyl sites for hydroxylation is 1. The van der Waals surface area contributed by atoms with Gasteiger partial charge in [-0.1, -0.05) is 32.4 Å². The number of carbonyl (C=O) groups is 1. The van der Waals surface area contributed by atoms with E-state index in [1.165, 1.54) is 36.0 Å². The van der Waals surface area contributed by atoms with Crippen LogP contribution in [-0.2, 0) is 17.1 Å². The van der Waals surface area contributed by atoms with Gasteiger partial charge in [-0.2, -0.15) is 5.10 Å². The molecule has 1 unspecified atom stereocenters. The average molecular weight is 517 g/mol. The van der Waals surface area contributed by atoms with Crippen LogP contribution in [0.1, 0.15) is 75.5 Å². The molecule has 0 spiro atoms. The van der Waals surface area contributed by atoms with Gasteiger partial charge in [0.05, 0.1) is 10.6 Å². The van der Waals surface area contributed by atoms with Gasteiger partial charge in [0.2, 0.25) is 5.92 Å². The third-order valence-electron chi connectivity index (χ3n) is 6.40. The summed E-state index contributed by atoms with van der Waals surface area (Å²) in [4.78, 5) is 13.2. The Kier molecular flexibility index (Phi) is 7.34. The van der Waals surface area contributed by atoms with Crippen molar-refractivity contribution < 1.29 is 22.0 Å². The van der Waals surface area contributed by atoms with Crippen LogP contribution in [0.5, 0.6) is 0 Å². The highest BCUT2D eigenvalue weighted by molar-refractivity contribution is 7.92. The Morgan fingerprint density at radius 2 is 1.76 bits per heavy atom. The van der Waals surface area contributed by atoms with E-state index < -0.39 is 27.8 Å². The molecule has 1 heterocycles. The molecule has 2 N–H and O–H groups in total. The lowest BCUT2D eigenvalue weighted by molar-refractivity contribution is -0.0384. The van der Waals surface area contributed by atoms with Gasteiger partial charge in [0.15, 0.2) is 0 Å². The van der Waals surface area contributed by atoms with E-state index in [0.717, 1.165) is 0 Å². The van der Waals surface area contributed by atoms with Crippen molar-refractivity contribution in [2.75, 3.05) is 4.72 Å². The minimum Gasteiger partial charge on any atom is -0.348 e. The summed E-state index contributed by atoms with van der Waals surface area (Å²) in [5.74, 6) is -3.66. The number of sulfonamides is 1. The molecule has 1 saturated carbocycles. The summed E-state index contributed by atoms with van der Waals surface area (Å²) >= 11 is 5.88. The van der Waals surface area contributed by atoms with Crippen molar-refractivity contribution in [2.45, 2.75) is 76.2 Å². The Hall–Kier alpha value is -2.20. The van der Waals surface area contributed by atoms with E-state index in [1.807, 2.05) is 27.7 Å². The van der Waals surface area contributed by atoms with Gasteiger partial charge in [0.1, 0.15) is 11.4 Å². The fourth-order valence-corrected chi connectivity index (χ4v) is 5.00. The molecule has 0 saturated heterocycles. The molecule has 7 nitrogen and oxygen atoms in total. The molecule has 34 heavy (non-hydrogen) atoms. The highest BCUT2D eigenvalue weighted by Crippen LogP contribution is 2.43. The first kappa shape index (κ1) is 26.4. The van der Waals surface area contributed by atoms with E-state index in [9.17, 15) is 22.0 Å². The fraction of sp³-hybridized carbons (Fsp3) is 0.565. The minimum atomic E-state index is -4.10. The van der Waals surface area contributed by atoms with Crippen LogP contribution in [0.4, 0.5) is 14.5 Å². The van der Waals surface area contributed by atoms with Crippen LogP contribution in [0.15, 0.2) is 29.2 Å². The van der Waals surface area contributed by atoms with Crippen LogP contribution < -0.4 is 10.0 Å². The van der Waals surface area contributed by atoms with Gasteiger partial charge in [0.25, 0.3) is 15.9 Å². The molecule has 0 radical (unpaired) electrons. The number of carbonyl (C=O) groups excluding carboxylic acids is 1.